The topological polar surface area (TPSA) is 59.7 Å². The third kappa shape index (κ3) is 2.12. The fraction of sp³-hybridized carbons (Fsp3) is 0.333. The van der Waals surface area contributed by atoms with Gasteiger partial charge >= 0.3 is 0 Å². The molecule has 3 aromatic rings. The van der Waals surface area contributed by atoms with Crippen LogP contribution in [-0.4, -0.2) is 38.1 Å². The highest BCUT2D eigenvalue weighted by molar-refractivity contribution is 5.83. The van der Waals surface area contributed by atoms with E-state index < -0.39 is 0 Å². The van der Waals surface area contributed by atoms with Crippen LogP contribution < -0.4 is 4.90 Å². The minimum atomic E-state index is 0.761. The molecule has 21 heavy (non-hydrogen) atoms. The van der Waals surface area contributed by atoms with Crippen molar-refractivity contribution in [2.45, 2.75) is 19.3 Å². The lowest BCUT2D eigenvalue weighted by atomic mass is 10.1. The lowest BCUT2D eigenvalue weighted by molar-refractivity contribution is 0.574. The van der Waals surface area contributed by atoms with Crippen LogP contribution in [0.5, 0.6) is 0 Å². The van der Waals surface area contributed by atoms with Crippen LogP contribution in [-0.2, 0) is 0 Å². The van der Waals surface area contributed by atoms with Gasteiger partial charge in [0.15, 0.2) is 17.0 Å². The smallest absolute Gasteiger partial charge is 0.189 e. The van der Waals surface area contributed by atoms with Crippen LogP contribution in [0.25, 0.3) is 16.9 Å². The van der Waals surface area contributed by atoms with E-state index in [1.807, 2.05) is 30.3 Å². The number of benzene rings is 1. The average Bonchev–Trinajstić information content (AvgIpc) is 3.00. The molecule has 1 aliphatic heterocycles. The Balaban J connectivity index is 1.83. The van der Waals surface area contributed by atoms with E-state index in [0.29, 0.717) is 0 Å². The summed E-state index contributed by atoms with van der Waals surface area (Å²) < 4.78 is 1.77. The van der Waals surface area contributed by atoms with Crippen molar-refractivity contribution in [1.29, 1.82) is 0 Å². The molecule has 0 saturated carbocycles. The zero-order valence-corrected chi connectivity index (χ0v) is 11.7. The standard InChI is InChI=1S/C15H16N6/c1-3-7-12(8-4-1)21-15-13(18-19-21)14(16-11-17-15)20-9-5-2-6-10-20/h1,3-4,7-8,11H,2,5-6,9-10H2. The fourth-order valence-corrected chi connectivity index (χ4v) is 2.82. The Bertz CT molecular complexity index is 745. The summed E-state index contributed by atoms with van der Waals surface area (Å²) in [4.78, 5) is 11.1. The Hall–Kier alpha value is -2.50. The Kier molecular flexibility index (Phi) is 2.99. The van der Waals surface area contributed by atoms with Gasteiger partial charge in [-0.15, -0.1) is 5.10 Å². The van der Waals surface area contributed by atoms with Crippen molar-refractivity contribution in [3.05, 3.63) is 36.7 Å². The second-order valence-electron chi connectivity index (χ2n) is 5.25. The SMILES string of the molecule is c1ccc(-n2nnc3c(N4CCCCC4)ncnc32)cc1. The second-order valence-corrected chi connectivity index (χ2v) is 5.25. The van der Waals surface area contributed by atoms with Crippen LogP contribution >= 0.6 is 0 Å². The molecule has 1 aromatic carbocycles. The predicted molar refractivity (Wildman–Crippen MR) is 80.5 cm³/mol. The normalized spacial score (nSPS) is 15.5. The van der Waals surface area contributed by atoms with Crippen molar-refractivity contribution < 1.29 is 0 Å². The lowest BCUT2D eigenvalue weighted by Crippen LogP contribution is -2.30. The zero-order chi connectivity index (χ0) is 14.1. The van der Waals surface area contributed by atoms with Gasteiger partial charge in [-0.05, 0) is 31.4 Å². The predicted octanol–water partition coefficient (Wildman–Crippen LogP) is 2.20. The molecule has 0 N–H and O–H groups in total. The van der Waals surface area contributed by atoms with E-state index in [1.54, 1.807) is 11.0 Å². The van der Waals surface area contributed by atoms with Crippen molar-refractivity contribution in [2.75, 3.05) is 18.0 Å². The van der Waals surface area contributed by atoms with Gasteiger partial charge in [-0.3, -0.25) is 0 Å². The summed E-state index contributed by atoms with van der Waals surface area (Å²) in [6.07, 6.45) is 5.31. The highest BCUT2D eigenvalue weighted by Crippen LogP contribution is 2.24. The molecule has 4 rings (SSSR count). The number of hydrogen-bond donors (Lipinski definition) is 0. The van der Waals surface area contributed by atoms with Crippen molar-refractivity contribution in [3.8, 4) is 5.69 Å². The first-order valence-electron chi connectivity index (χ1n) is 7.30. The molecule has 0 spiro atoms. The number of fused-ring (bicyclic) bond motifs is 1. The van der Waals surface area contributed by atoms with Crippen molar-refractivity contribution >= 4 is 17.0 Å². The first-order valence-corrected chi connectivity index (χ1v) is 7.30. The molecule has 0 aliphatic carbocycles. The summed E-state index contributed by atoms with van der Waals surface area (Å²) >= 11 is 0. The largest absolute Gasteiger partial charge is 0.355 e. The third-order valence-corrected chi connectivity index (χ3v) is 3.87. The van der Waals surface area contributed by atoms with Crippen LogP contribution in [0.4, 0.5) is 5.82 Å². The molecule has 0 bridgehead atoms. The van der Waals surface area contributed by atoms with Crippen molar-refractivity contribution in [2.24, 2.45) is 0 Å². The molecule has 0 radical (unpaired) electrons. The molecule has 6 nitrogen and oxygen atoms in total. The van der Waals surface area contributed by atoms with E-state index >= 15 is 0 Å². The molecule has 2 aromatic heterocycles. The number of piperidine rings is 1. The molecule has 3 heterocycles. The van der Waals surface area contributed by atoms with E-state index in [4.69, 9.17) is 0 Å². The Morgan fingerprint density at radius 3 is 2.52 bits per heavy atom. The molecule has 0 atom stereocenters. The number of rotatable bonds is 2. The summed E-state index contributed by atoms with van der Waals surface area (Å²) in [5, 5.41) is 8.58. The van der Waals surface area contributed by atoms with Crippen molar-refractivity contribution in [1.82, 2.24) is 25.0 Å². The summed E-state index contributed by atoms with van der Waals surface area (Å²) in [6, 6.07) is 9.94. The van der Waals surface area contributed by atoms with E-state index in [9.17, 15) is 0 Å². The Labute approximate surface area is 122 Å². The maximum absolute atomic E-state index is 4.44. The fourth-order valence-electron chi connectivity index (χ4n) is 2.82. The summed E-state index contributed by atoms with van der Waals surface area (Å²) in [5.41, 5.74) is 2.50. The van der Waals surface area contributed by atoms with Gasteiger partial charge in [-0.1, -0.05) is 23.4 Å². The number of anilines is 1. The number of hydrogen-bond acceptors (Lipinski definition) is 5. The van der Waals surface area contributed by atoms with E-state index in [2.05, 4.69) is 25.2 Å². The molecular formula is C15H16N6. The zero-order valence-electron chi connectivity index (χ0n) is 11.7. The summed E-state index contributed by atoms with van der Waals surface area (Å²) in [7, 11) is 0. The van der Waals surface area contributed by atoms with Crippen LogP contribution in [0.2, 0.25) is 0 Å². The highest BCUT2D eigenvalue weighted by atomic mass is 15.5. The van der Waals surface area contributed by atoms with E-state index in [-0.39, 0.29) is 0 Å². The average molecular weight is 280 g/mol. The highest BCUT2D eigenvalue weighted by Gasteiger charge is 2.19. The number of para-hydroxylation sites is 1. The first-order chi connectivity index (χ1) is 10.4. The summed E-state index contributed by atoms with van der Waals surface area (Å²) in [5.74, 6) is 0.905. The molecule has 0 amide bonds. The monoisotopic (exact) mass is 280 g/mol. The van der Waals surface area contributed by atoms with Gasteiger partial charge in [0.25, 0.3) is 0 Å². The van der Waals surface area contributed by atoms with Gasteiger partial charge < -0.3 is 4.90 Å². The third-order valence-electron chi connectivity index (χ3n) is 3.87. The molecule has 1 saturated heterocycles. The minimum absolute atomic E-state index is 0.761. The van der Waals surface area contributed by atoms with Gasteiger partial charge in [0.2, 0.25) is 0 Å². The van der Waals surface area contributed by atoms with Crippen LogP contribution in [0, 0.1) is 0 Å². The molecule has 0 unspecified atom stereocenters. The molecular weight excluding hydrogens is 264 g/mol. The maximum Gasteiger partial charge on any atom is 0.189 e. The Morgan fingerprint density at radius 2 is 1.71 bits per heavy atom. The number of aromatic nitrogens is 5. The molecule has 1 aliphatic rings. The van der Waals surface area contributed by atoms with Crippen LogP contribution in [0.15, 0.2) is 36.7 Å². The van der Waals surface area contributed by atoms with Gasteiger partial charge in [0.05, 0.1) is 5.69 Å². The van der Waals surface area contributed by atoms with Crippen LogP contribution in [0.3, 0.4) is 0 Å². The van der Waals surface area contributed by atoms with Crippen molar-refractivity contribution in [3.63, 3.8) is 0 Å². The van der Waals surface area contributed by atoms with E-state index in [0.717, 1.165) is 35.8 Å². The number of nitrogens with zero attached hydrogens (tertiary/aromatic N) is 6. The molecule has 1 fully saturated rings. The van der Waals surface area contributed by atoms with Gasteiger partial charge in [0.1, 0.15) is 6.33 Å². The molecule has 106 valence electrons. The van der Waals surface area contributed by atoms with Gasteiger partial charge in [0, 0.05) is 13.1 Å². The van der Waals surface area contributed by atoms with E-state index in [1.165, 1.54) is 19.3 Å². The second kappa shape index (κ2) is 5.12. The summed E-state index contributed by atoms with van der Waals surface area (Å²) in [6.45, 7) is 2.06. The molecule has 6 heteroatoms. The quantitative estimate of drug-likeness (QED) is 0.720. The minimum Gasteiger partial charge on any atom is -0.355 e. The maximum atomic E-state index is 4.44. The van der Waals surface area contributed by atoms with Crippen LogP contribution in [0.1, 0.15) is 19.3 Å². The first kappa shape index (κ1) is 12.3. The van der Waals surface area contributed by atoms with Gasteiger partial charge in [-0.25, -0.2) is 9.97 Å². The lowest BCUT2D eigenvalue weighted by Gasteiger charge is -2.27. The Morgan fingerprint density at radius 1 is 0.905 bits per heavy atom. The van der Waals surface area contributed by atoms with Gasteiger partial charge in [-0.2, -0.15) is 4.68 Å².